The standard InChI is InChI=1S/C47H71N3O10/c1-27(51)24-48-25-30-35-37-40(54)49-38(45(35)13-6-7-14-45)41(55)50-26-28(50)10-8-15-46-19-18-43(3)33(44(4,56)39(53)36(30)60-37)12-17-47(43,57)34(46)23-32(52)31-22-29(11-16-42(31,46)2)59-21-9-20-58-5/h23,27-31,33,35-40,48-49,51,53-54,56-57H,6-7,9-14,16-22,24-26H2,1-5H3/t27-,28+,29-,30+,31-,33-,35+,36-,37-,38+,39+,40+,42-,43+,44-,46-,47+,50?/m0/s1. The first-order chi connectivity index (χ1) is 28.5. The van der Waals surface area contributed by atoms with Crippen LogP contribution in [0.3, 0.4) is 0 Å². The maximum Gasteiger partial charge on any atom is 0.240 e. The third-order valence-corrected chi connectivity index (χ3v) is 18.4. The number of methoxy groups -OCH3 is 1. The molecule has 13 nitrogen and oxygen atoms in total. The van der Waals surface area contributed by atoms with E-state index in [2.05, 4.69) is 29.4 Å². The van der Waals surface area contributed by atoms with E-state index >= 15 is 0 Å². The fourth-order valence-corrected chi connectivity index (χ4v) is 15.2. The molecule has 0 aromatic carbocycles. The molecule has 5 aliphatic heterocycles. The molecule has 0 unspecified atom stereocenters. The molecule has 10 rings (SSSR count). The molecule has 5 aliphatic carbocycles. The molecule has 7 N–H and O–H groups in total. The van der Waals surface area contributed by atoms with Crippen molar-refractivity contribution in [3.63, 3.8) is 0 Å². The van der Waals surface area contributed by atoms with Gasteiger partial charge in [0.1, 0.15) is 18.4 Å². The summed E-state index contributed by atoms with van der Waals surface area (Å²) in [7, 11) is 1.68. The predicted molar refractivity (Wildman–Crippen MR) is 221 cm³/mol. The van der Waals surface area contributed by atoms with Gasteiger partial charge in [-0.1, -0.05) is 32.6 Å². The molecule has 334 valence electrons. The smallest absolute Gasteiger partial charge is 0.240 e. The molecule has 0 radical (unpaired) electrons. The average molecular weight is 838 g/mol. The first-order valence-electron chi connectivity index (χ1n) is 23.3. The van der Waals surface area contributed by atoms with Gasteiger partial charge in [0.05, 0.1) is 47.0 Å². The number of nitrogens with zero attached hydrogens (tertiary/aromatic N) is 1. The summed E-state index contributed by atoms with van der Waals surface area (Å²) in [4.78, 5) is 31.2. The number of carbonyl (C=O) groups is 2. The van der Waals surface area contributed by atoms with E-state index in [9.17, 15) is 35.1 Å². The Kier molecular flexibility index (Phi) is 11.1. The van der Waals surface area contributed by atoms with Crippen LogP contribution in [0.1, 0.15) is 111 Å². The van der Waals surface area contributed by atoms with Gasteiger partial charge in [-0.3, -0.25) is 14.9 Å². The summed E-state index contributed by atoms with van der Waals surface area (Å²) >= 11 is 0. The van der Waals surface area contributed by atoms with Crippen molar-refractivity contribution in [3.05, 3.63) is 11.6 Å². The van der Waals surface area contributed by atoms with Crippen LogP contribution in [-0.2, 0) is 23.8 Å². The molecule has 0 aromatic rings. The third kappa shape index (κ3) is 6.23. The lowest BCUT2D eigenvalue weighted by atomic mass is 9.39. The van der Waals surface area contributed by atoms with Gasteiger partial charge in [0.25, 0.3) is 0 Å². The monoisotopic (exact) mass is 838 g/mol. The number of allylic oxidation sites excluding steroid dienone is 1. The van der Waals surface area contributed by atoms with Crippen molar-refractivity contribution >= 4 is 11.7 Å². The van der Waals surface area contributed by atoms with Crippen LogP contribution in [0.2, 0.25) is 0 Å². The number of hydrogen-bond acceptors (Lipinski definition) is 12. The van der Waals surface area contributed by atoms with Crippen LogP contribution in [0.15, 0.2) is 11.6 Å². The molecule has 13 heteroatoms. The maximum atomic E-state index is 14.8. The Bertz CT molecular complexity index is 1790. The summed E-state index contributed by atoms with van der Waals surface area (Å²) in [6.07, 6.45) is 5.29. The molecule has 3 saturated heterocycles. The van der Waals surface area contributed by atoms with Gasteiger partial charge in [0, 0.05) is 75.0 Å². The summed E-state index contributed by atoms with van der Waals surface area (Å²) in [5.74, 6) is 5.67. The zero-order valence-corrected chi connectivity index (χ0v) is 36.5. The first-order valence-corrected chi connectivity index (χ1v) is 23.3. The summed E-state index contributed by atoms with van der Waals surface area (Å²) in [5, 5.41) is 68.0. The number of piperidine rings is 1. The lowest BCUT2D eigenvalue weighted by Gasteiger charge is -2.64. The van der Waals surface area contributed by atoms with Crippen molar-refractivity contribution in [2.45, 2.75) is 171 Å². The summed E-state index contributed by atoms with van der Waals surface area (Å²) in [5.41, 5.74) is -5.47. The van der Waals surface area contributed by atoms with Crippen LogP contribution in [0.4, 0.5) is 0 Å². The number of amides is 1. The summed E-state index contributed by atoms with van der Waals surface area (Å²) in [6.45, 7) is 10.0. The predicted octanol–water partition coefficient (Wildman–Crippen LogP) is 2.20. The molecule has 5 heterocycles. The molecule has 60 heavy (non-hydrogen) atoms. The van der Waals surface area contributed by atoms with Gasteiger partial charge in [0.2, 0.25) is 5.91 Å². The number of fused-ring (bicyclic) bond motifs is 4. The lowest BCUT2D eigenvalue weighted by Crippen LogP contribution is -2.68. The maximum absolute atomic E-state index is 14.8. The molecule has 0 aromatic heterocycles. The van der Waals surface area contributed by atoms with E-state index in [1.807, 2.05) is 11.8 Å². The molecule has 7 fully saturated rings. The minimum atomic E-state index is -1.76. The second kappa shape index (κ2) is 15.3. The fraction of sp³-hybridized carbons (Fsp3) is 0.872. The summed E-state index contributed by atoms with van der Waals surface area (Å²) in [6, 6.07) is -0.745. The van der Waals surface area contributed by atoms with Crippen LogP contribution in [-0.4, -0.2) is 142 Å². The van der Waals surface area contributed by atoms with E-state index in [0.717, 1.165) is 38.5 Å². The molecule has 1 amide bonds. The number of rotatable bonds is 9. The fourth-order valence-electron chi connectivity index (χ4n) is 15.2. The van der Waals surface area contributed by atoms with Crippen LogP contribution < -0.4 is 10.6 Å². The van der Waals surface area contributed by atoms with Gasteiger partial charge in [-0.15, -0.1) is 5.92 Å². The first kappa shape index (κ1) is 43.3. The Labute approximate surface area is 355 Å². The van der Waals surface area contributed by atoms with Crippen LogP contribution in [0, 0.1) is 57.2 Å². The van der Waals surface area contributed by atoms with E-state index in [1.165, 1.54) is 0 Å². The number of aliphatic hydroxyl groups is 5. The van der Waals surface area contributed by atoms with Crippen LogP contribution >= 0.6 is 0 Å². The largest absolute Gasteiger partial charge is 0.392 e. The number of ketones is 1. The van der Waals surface area contributed by atoms with Crippen molar-refractivity contribution in [2.75, 3.05) is 40.0 Å². The molecule has 17 atom stereocenters. The van der Waals surface area contributed by atoms with Crippen LogP contribution in [0.5, 0.6) is 0 Å². The Hall–Kier alpha value is -1.96. The molecule has 4 saturated carbocycles. The Morgan fingerprint density at radius 2 is 1.78 bits per heavy atom. The van der Waals surface area contributed by atoms with Gasteiger partial charge in [-0.2, -0.15) is 0 Å². The van der Waals surface area contributed by atoms with Crippen molar-refractivity contribution in [1.29, 1.82) is 0 Å². The molecule has 2 spiro atoms. The lowest BCUT2D eigenvalue weighted by molar-refractivity contribution is -0.206. The second-order valence-electron chi connectivity index (χ2n) is 21.4. The van der Waals surface area contributed by atoms with Gasteiger partial charge in [0.15, 0.2) is 5.78 Å². The number of ether oxygens (including phenoxy) is 3. The Morgan fingerprint density at radius 1 is 1.02 bits per heavy atom. The van der Waals surface area contributed by atoms with E-state index in [1.54, 1.807) is 27.0 Å². The average Bonchev–Trinajstić information content (AvgIpc) is 3.47. The molecule has 7 bridgehead atoms. The zero-order valence-electron chi connectivity index (χ0n) is 36.5. The van der Waals surface area contributed by atoms with Gasteiger partial charge in [-0.25, -0.2) is 0 Å². The van der Waals surface area contributed by atoms with E-state index in [4.69, 9.17) is 14.2 Å². The van der Waals surface area contributed by atoms with Crippen molar-refractivity contribution in [3.8, 4) is 11.8 Å². The third-order valence-electron chi connectivity index (χ3n) is 18.4. The minimum absolute atomic E-state index is 0.00976. The van der Waals surface area contributed by atoms with Gasteiger partial charge < -0.3 is 50.0 Å². The SMILES string of the molecule is COCCCO[C@H]1CC[C@@]2(C)[C@@H](C1)C(=O)C=C1[C@]3(O)CC[C@@H]4[C@](C)(O)[C@H](O)[C@H]5O[C@H]6[C@@H]([C@H]5CNC[C@H](C)O)C5(CCCC5)[C@H](N[C@@H]6O)C(=O)N5C[C@H]5CC#C[C@]12CC[C@]43C. The van der Waals surface area contributed by atoms with Gasteiger partial charge in [-0.05, 0) is 101 Å². The number of hydrogen-bond donors (Lipinski definition) is 7. The number of nitrogens with one attached hydrogen (secondary N) is 2. The Morgan fingerprint density at radius 3 is 2.52 bits per heavy atom. The van der Waals surface area contributed by atoms with Crippen molar-refractivity contribution in [1.82, 2.24) is 15.5 Å². The zero-order chi connectivity index (χ0) is 42.6. The van der Waals surface area contributed by atoms with Crippen molar-refractivity contribution in [2.24, 2.45) is 45.3 Å². The number of aliphatic hydroxyl groups excluding tert-OH is 3. The van der Waals surface area contributed by atoms with Crippen LogP contribution in [0.25, 0.3) is 0 Å². The van der Waals surface area contributed by atoms with Crippen molar-refractivity contribution < 1.29 is 49.3 Å². The van der Waals surface area contributed by atoms with E-state index in [-0.39, 0.29) is 35.7 Å². The Balaban J connectivity index is 1.14. The van der Waals surface area contributed by atoms with Gasteiger partial charge >= 0.3 is 0 Å². The highest BCUT2D eigenvalue weighted by molar-refractivity contribution is 5.96. The number of carbonyl (C=O) groups excluding carboxylic acids is 2. The normalized spacial score (nSPS) is 49.4. The van der Waals surface area contributed by atoms with E-state index in [0.29, 0.717) is 83.4 Å². The topological polar surface area (TPSA) is 190 Å². The highest BCUT2D eigenvalue weighted by atomic mass is 16.5. The molecular weight excluding hydrogens is 767 g/mol. The molecule has 10 aliphatic rings. The second-order valence-corrected chi connectivity index (χ2v) is 21.4. The highest BCUT2D eigenvalue weighted by Crippen LogP contribution is 2.73. The summed E-state index contributed by atoms with van der Waals surface area (Å²) < 4.78 is 18.4. The quantitative estimate of drug-likeness (QED) is 0.102. The highest BCUT2D eigenvalue weighted by Gasteiger charge is 2.74. The van der Waals surface area contributed by atoms with E-state index < -0.39 is 81.4 Å². The molecular formula is C47H71N3O10. The minimum Gasteiger partial charge on any atom is -0.392 e.